The average Bonchev–Trinajstić information content (AvgIpc) is 3.10. The van der Waals surface area contributed by atoms with Gasteiger partial charge in [-0.1, -0.05) is 22.9 Å². The molecule has 3 rings (SSSR count). The number of carbonyl (C=O) groups excluding carboxylic acids is 3. The Morgan fingerprint density at radius 2 is 1.77 bits per heavy atom. The first-order valence-corrected chi connectivity index (χ1v) is 9.62. The van der Waals surface area contributed by atoms with Crippen molar-refractivity contribution in [2.45, 2.75) is 20.4 Å². The Morgan fingerprint density at radius 3 is 2.42 bits per heavy atom. The Bertz CT molecular complexity index is 1140. The fraction of sp³-hybridized carbons (Fsp3) is 0.190. The number of nitrogens with one attached hydrogen (secondary N) is 2. The summed E-state index contributed by atoms with van der Waals surface area (Å²) in [5.74, 6) is -1.31. The third-order valence-corrected chi connectivity index (χ3v) is 4.77. The maximum absolute atomic E-state index is 12.6. The number of rotatable bonds is 6. The van der Waals surface area contributed by atoms with Crippen LogP contribution in [0.2, 0.25) is 5.02 Å². The van der Waals surface area contributed by atoms with Crippen LogP contribution in [0.5, 0.6) is 0 Å². The lowest BCUT2D eigenvalue weighted by atomic mass is 10.2. The lowest BCUT2D eigenvalue weighted by Gasteiger charge is -2.08. The number of carbonyl (C=O) groups is 3. The molecule has 0 bridgehead atoms. The predicted molar refractivity (Wildman–Crippen MR) is 115 cm³/mol. The largest absolute Gasteiger partial charge is 0.465 e. The number of benzene rings is 2. The SMILES string of the molecule is COC(=O)c1ccc(NC(=O)Cn2nnc(C(=O)Nc3ccc(C)cc3Cl)c2C)cc1. The number of anilines is 2. The molecule has 0 spiro atoms. The van der Waals surface area contributed by atoms with Gasteiger partial charge in [0.15, 0.2) is 5.69 Å². The normalized spacial score (nSPS) is 10.5. The predicted octanol–water partition coefficient (Wildman–Crippen LogP) is 3.23. The molecule has 0 saturated carbocycles. The van der Waals surface area contributed by atoms with Gasteiger partial charge in [-0.15, -0.1) is 5.10 Å². The van der Waals surface area contributed by atoms with Crippen LogP contribution in [0.1, 0.15) is 32.1 Å². The number of nitrogens with zero attached hydrogens (tertiary/aromatic N) is 3. The topological polar surface area (TPSA) is 115 Å². The fourth-order valence-electron chi connectivity index (χ4n) is 2.77. The summed E-state index contributed by atoms with van der Waals surface area (Å²) in [6.07, 6.45) is 0. The Balaban J connectivity index is 1.64. The molecule has 1 aromatic heterocycles. The first-order valence-electron chi connectivity index (χ1n) is 9.24. The zero-order valence-electron chi connectivity index (χ0n) is 17.1. The van der Waals surface area contributed by atoms with Crippen molar-refractivity contribution in [3.05, 3.63) is 70.0 Å². The quantitative estimate of drug-likeness (QED) is 0.567. The minimum Gasteiger partial charge on any atom is -0.465 e. The number of hydrogen-bond donors (Lipinski definition) is 2. The number of ether oxygens (including phenoxy) is 1. The first-order chi connectivity index (χ1) is 14.8. The molecular formula is C21H20ClN5O4. The molecule has 0 radical (unpaired) electrons. The molecule has 10 heteroatoms. The van der Waals surface area contributed by atoms with E-state index in [1.165, 1.54) is 11.8 Å². The molecule has 9 nitrogen and oxygen atoms in total. The van der Waals surface area contributed by atoms with Gasteiger partial charge in [0.2, 0.25) is 5.91 Å². The molecular weight excluding hydrogens is 422 g/mol. The Kier molecular flexibility index (Phi) is 6.66. The lowest BCUT2D eigenvalue weighted by Crippen LogP contribution is -2.21. The van der Waals surface area contributed by atoms with E-state index in [1.807, 2.05) is 13.0 Å². The van der Waals surface area contributed by atoms with Crippen LogP contribution in [-0.2, 0) is 16.1 Å². The van der Waals surface area contributed by atoms with Crippen LogP contribution in [0.15, 0.2) is 42.5 Å². The first kappa shape index (κ1) is 22.0. The number of aromatic nitrogens is 3. The third-order valence-electron chi connectivity index (χ3n) is 4.45. The van der Waals surface area contributed by atoms with Crippen LogP contribution in [0.4, 0.5) is 11.4 Å². The van der Waals surface area contributed by atoms with E-state index in [0.29, 0.717) is 27.7 Å². The van der Waals surface area contributed by atoms with Crippen molar-refractivity contribution in [3.63, 3.8) is 0 Å². The van der Waals surface area contributed by atoms with Crippen molar-refractivity contribution in [2.75, 3.05) is 17.7 Å². The van der Waals surface area contributed by atoms with E-state index in [4.69, 9.17) is 11.6 Å². The number of aryl methyl sites for hydroxylation is 1. The third kappa shape index (κ3) is 5.26. The highest BCUT2D eigenvalue weighted by molar-refractivity contribution is 6.34. The van der Waals surface area contributed by atoms with Crippen LogP contribution in [-0.4, -0.2) is 39.9 Å². The van der Waals surface area contributed by atoms with Gasteiger partial charge >= 0.3 is 5.97 Å². The van der Waals surface area contributed by atoms with Crippen molar-refractivity contribution in [2.24, 2.45) is 0 Å². The van der Waals surface area contributed by atoms with Gasteiger partial charge in [0.1, 0.15) is 6.54 Å². The van der Waals surface area contributed by atoms with Gasteiger partial charge in [-0.05, 0) is 55.8 Å². The molecule has 0 aliphatic rings. The number of hydrogen-bond acceptors (Lipinski definition) is 6. The second-order valence-electron chi connectivity index (χ2n) is 6.74. The molecule has 2 aromatic carbocycles. The molecule has 0 unspecified atom stereocenters. The Labute approximate surface area is 183 Å². The van der Waals surface area contributed by atoms with Gasteiger partial charge in [0.05, 0.1) is 29.1 Å². The average molecular weight is 442 g/mol. The van der Waals surface area contributed by atoms with E-state index in [2.05, 4.69) is 25.7 Å². The van der Waals surface area contributed by atoms with Crippen LogP contribution < -0.4 is 10.6 Å². The highest BCUT2D eigenvalue weighted by Gasteiger charge is 2.19. The number of amides is 2. The van der Waals surface area contributed by atoms with Gasteiger partial charge < -0.3 is 15.4 Å². The number of esters is 1. The Morgan fingerprint density at radius 1 is 1.06 bits per heavy atom. The summed E-state index contributed by atoms with van der Waals surface area (Å²) in [5, 5.41) is 13.6. The van der Waals surface area contributed by atoms with E-state index < -0.39 is 11.9 Å². The van der Waals surface area contributed by atoms with Gasteiger partial charge in [-0.25, -0.2) is 9.48 Å². The number of halogens is 1. The summed E-state index contributed by atoms with van der Waals surface area (Å²) in [7, 11) is 1.29. The zero-order valence-corrected chi connectivity index (χ0v) is 17.9. The Hall–Kier alpha value is -3.72. The molecule has 2 amide bonds. The lowest BCUT2D eigenvalue weighted by molar-refractivity contribution is -0.117. The minimum atomic E-state index is -0.478. The standard InChI is InChI=1S/C21H20ClN5O4/c1-12-4-9-17(16(22)10-12)24-20(29)19-13(2)27(26-25-19)11-18(28)23-15-7-5-14(6-8-15)21(30)31-3/h4-10H,11H2,1-3H3,(H,23,28)(H,24,29). The summed E-state index contributed by atoms with van der Waals surface area (Å²) >= 11 is 6.15. The van der Waals surface area contributed by atoms with E-state index in [9.17, 15) is 14.4 Å². The van der Waals surface area contributed by atoms with Crippen molar-refractivity contribution >= 4 is 40.8 Å². The van der Waals surface area contributed by atoms with Crippen LogP contribution in [0.25, 0.3) is 0 Å². The molecule has 3 aromatic rings. The monoisotopic (exact) mass is 441 g/mol. The summed E-state index contributed by atoms with van der Waals surface area (Å²) in [6, 6.07) is 11.5. The molecule has 2 N–H and O–H groups in total. The van der Waals surface area contributed by atoms with Crippen molar-refractivity contribution in [3.8, 4) is 0 Å². The summed E-state index contributed by atoms with van der Waals surface area (Å²) in [4.78, 5) is 36.4. The fourth-order valence-corrected chi connectivity index (χ4v) is 3.05. The second kappa shape index (κ2) is 9.40. The van der Waals surface area contributed by atoms with Crippen LogP contribution in [0.3, 0.4) is 0 Å². The maximum Gasteiger partial charge on any atom is 0.337 e. The van der Waals surface area contributed by atoms with E-state index in [1.54, 1.807) is 43.3 Å². The van der Waals surface area contributed by atoms with E-state index in [-0.39, 0.29) is 18.1 Å². The van der Waals surface area contributed by atoms with Crippen LogP contribution >= 0.6 is 11.6 Å². The van der Waals surface area contributed by atoms with Gasteiger partial charge in [-0.3, -0.25) is 9.59 Å². The maximum atomic E-state index is 12.6. The van der Waals surface area contributed by atoms with Crippen molar-refractivity contribution in [1.29, 1.82) is 0 Å². The highest BCUT2D eigenvalue weighted by atomic mass is 35.5. The smallest absolute Gasteiger partial charge is 0.337 e. The molecule has 160 valence electrons. The van der Waals surface area contributed by atoms with Gasteiger partial charge in [0.25, 0.3) is 5.91 Å². The van der Waals surface area contributed by atoms with Crippen molar-refractivity contribution in [1.82, 2.24) is 15.0 Å². The van der Waals surface area contributed by atoms with E-state index >= 15 is 0 Å². The molecule has 0 fully saturated rings. The highest BCUT2D eigenvalue weighted by Crippen LogP contribution is 2.23. The van der Waals surface area contributed by atoms with Crippen molar-refractivity contribution < 1.29 is 19.1 Å². The van der Waals surface area contributed by atoms with E-state index in [0.717, 1.165) is 5.56 Å². The molecule has 0 aliphatic heterocycles. The molecule has 0 atom stereocenters. The van der Waals surface area contributed by atoms with Gasteiger partial charge in [0, 0.05) is 5.69 Å². The second-order valence-corrected chi connectivity index (χ2v) is 7.14. The molecule has 0 aliphatic carbocycles. The van der Waals surface area contributed by atoms with Gasteiger partial charge in [-0.2, -0.15) is 0 Å². The zero-order chi connectivity index (χ0) is 22.5. The summed E-state index contributed by atoms with van der Waals surface area (Å²) < 4.78 is 5.96. The summed E-state index contributed by atoms with van der Waals surface area (Å²) in [6.45, 7) is 3.39. The summed E-state index contributed by atoms with van der Waals surface area (Å²) in [5.41, 5.74) is 2.82. The molecule has 1 heterocycles. The minimum absolute atomic E-state index is 0.0897. The molecule has 31 heavy (non-hydrogen) atoms. The molecule has 0 saturated heterocycles. The van der Waals surface area contributed by atoms with Crippen LogP contribution in [0, 0.1) is 13.8 Å². The number of methoxy groups -OCH3 is 1.